The van der Waals surface area contributed by atoms with Crippen molar-refractivity contribution in [2.45, 2.75) is 18.7 Å². The van der Waals surface area contributed by atoms with Crippen LogP contribution < -0.4 is 10.2 Å². The van der Waals surface area contributed by atoms with Crippen LogP contribution in [0.1, 0.15) is 29.8 Å². The predicted molar refractivity (Wildman–Crippen MR) is 120 cm³/mol. The van der Waals surface area contributed by atoms with Crippen LogP contribution in [0.4, 0.5) is 11.4 Å². The highest BCUT2D eigenvalue weighted by molar-refractivity contribution is 7.90. The summed E-state index contributed by atoms with van der Waals surface area (Å²) in [5.74, 6) is 0.119. The van der Waals surface area contributed by atoms with Crippen LogP contribution in [0.5, 0.6) is 0 Å². The largest absolute Gasteiger partial charge is 0.472 e. The van der Waals surface area contributed by atoms with Gasteiger partial charge in [0.05, 0.1) is 28.1 Å². The van der Waals surface area contributed by atoms with E-state index in [4.69, 9.17) is 16.0 Å². The fourth-order valence-corrected chi connectivity index (χ4v) is 4.81. The highest BCUT2D eigenvalue weighted by Gasteiger charge is 2.32. The van der Waals surface area contributed by atoms with E-state index in [9.17, 15) is 13.2 Å². The molecule has 0 fully saturated rings. The molecule has 1 amide bonds. The third-order valence-corrected chi connectivity index (χ3v) is 6.32. The van der Waals surface area contributed by atoms with E-state index in [2.05, 4.69) is 9.71 Å². The number of furan rings is 1. The average Bonchev–Trinajstić information content (AvgIpc) is 3.25. The minimum absolute atomic E-state index is 0.0253. The van der Waals surface area contributed by atoms with Gasteiger partial charge in [-0.05, 0) is 42.3 Å². The molecule has 1 N–H and O–H groups in total. The number of carbonyl (C=O) groups excluding carboxylic acids is 1. The molecule has 0 atom stereocenters. The molecule has 160 valence electrons. The van der Waals surface area contributed by atoms with Gasteiger partial charge in [-0.2, -0.15) is 8.42 Å². The van der Waals surface area contributed by atoms with Gasteiger partial charge in [0.15, 0.2) is 5.84 Å². The van der Waals surface area contributed by atoms with Gasteiger partial charge in [-0.3, -0.25) is 4.79 Å². The molecule has 1 aliphatic heterocycles. The standard InChI is InChI=1S/C22H20ClN3O4S/c1-14(2)12-26-19-8-7-16(24-22(27)17-5-3-4-6-18(17)23)11-20(19)31(28,29)25-21(26)15-9-10-30-13-15/h3-11,13-14H,12H2,1-2H3,(H,24,27). The Morgan fingerprint density at radius 3 is 2.65 bits per heavy atom. The summed E-state index contributed by atoms with van der Waals surface area (Å²) < 4.78 is 35.2. The van der Waals surface area contributed by atoms with Gasteiger partial charge in [0.1, 0.15) is 11.2 Å². The number of anilines is 2. The molecule has 0 spiro atoms. The van der Waals surface area contributed by atoms with Crippen molar-refractivity contribution in [3.63, 3.8) is 0 Å². The molecule has 0 bridgehead atoms. The van der Waals surface area contributed by atoms with Gasteiger partial charge in [0.25, 0.3) is 15.9 Å². The number of hydrogen-bond acceptors (Lipinski definition) is 5. The van der Waals surface area contributed by atoms with Gasteiger partial charge in [0, 0.05) is 12.2 Å². The molecule has 1 aromatic heterocycles. The zero-order valence-electron chi connectivity index (χ0n) is 16.9. The van der Waals surface area contributed by atoms with E-state index in [1.165, 1.54) is 18.6 Å². The number of amidine groups is 1. The van der Waals surface area contributed by atoms with E-state index >= 15 is 0 Å². The lowest BCUT2D eigenvalue weighted by Crippen LogP contribution is -2.38. The molecule has 0 aliphatic carbocycles. The Labute approximate surface area is 185 Å². The van der Waals surface area contributed by atoms with Gasteiger partial charge in [-0.1, -0.05) is 37.6 Å². The molecule has 0 radical (unpaired) electrons. The van der Waals surface area contributed by atoms with E-state index in [0.29, 0.717) is 39.9 Å². The first kappa shape index (κ1) is 21.1. The van der Waals surface area contributed by atoms with Crippen LogP contribution in [-0.4, -0.2) is 26.7 Å². The molecule has 2 heterocycles. The quantitative estimate of drug-likeness (QED) is 0.594. The van der Waals surface area contributed by atoms with Gasteiger partial charge < -0.3 is 14.6 Å². The van der Waals surface area contributed by atoms with E-state index in [1.54, 1.807) is 42.5 Å². The summed E-state index contributed by atoms with van der Waals surface area (Å²) in [6.07, 6.45) is 2.94. The number of carbonyl (C=O) groups is 1. The number of nitrogens with zero attached hydrogens (tertiary/aromatic N) is 2. The van der Waals surface area contributed by atoms with Gasteiger partial charge in [-0.25, -0.2) is 0 Å². The van der Waals surface area contributed by atoms with Crippen molar-refractivity contribution in [1.29, 1.82) is 0 Å². The summed E-state index contributed by atoms with van der Waals surface area (Å²) in [7, 11) is -3.99. The Kier molecular flexibility index (Phi) is 5.60. The van der Waals surface area contributed by atoms with E-state index in [-0.39, 0.29) is 10.8 Å². The molecule has 1 aliphatic rings. The number of sulfonamides is 1. The topological polar surface area (TPSA) is 92.0 Å². The van der Waals surface area contributed by atoms with Crippen LogP contribution in [0, 0.1) is 5.92 Å². The molecule has 31 heavy (non-hydrogen) atoms. The molecule has 0 saturated carbocycles. The Morgan fingerprint density at radius 1 is 1.19 bits per heavy atom. The fraction of sp³-hybridized carbons (Fsp3) is 0.182. The van der Waals surface area contributed by atoms with Crippen LogP contribution in [0.25, 0.3) is 0 Å². The zero-order valence-corrected chi connectivity index (χ0v) is 18.4. The predicted octanol–water partition coefficient (Wildman–Crippen LogP) is 4.80. The van der Waals surface area contributed by atoms with Crippen molar-refractivity contribution < 1.29 is 17.6 Å². The van der Waals surface area contributed by atoms with Crippen LogP contribution >= 0.6 is 11.6 Å². The summed E-state index contributed by atoms with van der Waals surface area (Å²) in [6, 6.07) is 13.1. The average molecular weight is 458 g/mol. The molecular weight excluding hydrogens is 438 g/mol. The number of hydrogen-bond donors (Lipinski definition) is 1. The number of rotatable bonds is 5. The second-order valence-electron chi connectivity index (χ2n) is 7.52. The van der Waals surface area contributed by atoms with Crippen molar-refractivity contribution in [3.05, 3.63) is 77.2 Å². The first-order chi connectivity index (χ1) is 14.8. The summed E-state index contributed by atoms with van der Waals surface area (Å²) in [6.45, 7) is 4.62. The van der Waals surface area contributed by atoms with Gasteiger partial charge >= 0.3 is 0 Å². The molecule has 9 heteroatoms. The minimum atomic E-state index is -3.99. The third kappa shape index (κ3) is 4.22. The monoisotopic (exact) mass is 457 g/mol. The van der Waals surface area contributed by atoms with Gasteiger partial charge in [0.2, 0.25) is 0 Å². The summed E-state index contributed by atoms with van der Waals surface area (Å²) in [4.78, 5) is 14.5. The normalized spacial score (nSPS) is 14.8. The van der Waals surface area contributed by atoms with Crippen molar-refractivity contribution in [3.8, 4) is 0 Å². The number of halogens is 1. The van der Waals surface area contributed by atoms with Crippen molar-refractivity contribution >= 4 is 44.7 Å². The van der Waals surface area contributed by atoms with E-state index in [1.807, 2.05) is 18.7 Å². The molecule has 3 aromatic rings. The summed E-state index contributed by atoms with van der Waals surface area (Å²) >= 11 is 6.09. The maximum atomic E-state index is 13.0. The highest BCUT2D eigenvalue weighted by atomic mass is 35.5. The van der Waals surface area contributed by atoms with E-state index in [0.717, 1.165) is 0 Å². The van der Waals surface area contributed by atoms with Crippen molar-refractivity contribution in [2.75, 3.05) is 16.8 Å². The SMILES string of the molecule is CC(C)CN1C(c2ccoc2)=NS(=O)(=O)c2cc(NC(=O)c3ccccc3Cl)ccc21. The number of nitrogens with one attached hydrogen (secondary N) is 1. The van der Waals surface area contributed by atoms with Crippen LogP contribution in [0.15, 0.2) is 74.8 Å². The molecule has 4 rings (SSSR count). The number of fused-ring (bicyclic) bond motifs is 1. The van der Waals surface area contributed by atoms with Crippen molar-refractivity contribution in [2.24, 2.45) is 10.3 Å². The second-order valence-corrected chi connectivity index (χ2v) is 9.50. The van der Waals surface area contributed by atoms with Gasteiger partial charge in [-0.15, -0.1) is 4.40 Å². The maximum absolute atomic E-state index is 13.0. The van der Waals surface area contributed by atoms with Crippen molar-refractivity contribution in [1.82, 2.24) is 0 Å². The summed E-state index contributed by atoms with van der Waals surface area (Å²) in [5, 5.41) is 3.02. The molecule has 2 aromatic carbocycles. The van der Waals surface area contributed by atoms with Crippen LogP contribution in [-0.2, 0) is 10.0 Å². The molecule has 0 unspecified atom stereocenters. The smallest absolute Gasteiger partial charge is 0.286 e. The third-order valence-electron chi connectivity index (χ3n) is 4.69. The Morgan fingerprint density at radius 2 is 1.97 bits per heavy atom. The lowest BCUT2D eigenvalue weighted by molar-refractivity contribution is 0.102. The van der Waals surface area contributed by atoms with Crippen LogP contribution in [0.3, 0.4) is 0 Å². The Balaban J connectivity index is 1.74. The Bertz CT molecular complexity index is 1270. The molecular formula is C22H20ClN3O4S. The summed E-state index contributed by atoms with van der Waals surface area (Å²) in [5.41, 5.74) is 1.70. The Hall–Kier alpha value is -3.10. The fourth-order valence-electron chi connectivity index (χ4n) is 3.34. The van der Waals surface area contributed by atoms with E-state index < -0.39 is 15.9 Å². The van der Waals surface area contributed by atoms with Crippen LogP contribution in [0.2, 0.25) is 5.02 Å². The maximum Gasteiger partial charge on any atom is 0.286 e. The molecule has 7 nitrogen and oxygen atoms in total. The zero-order chi connectivity index (χ0) is 22.2. The first-order valence-electron chi connectivity index (χ1n) is 9.61. The first-order valence-corrected chi connectivity index (χ1v) is 11.4. The highest BCUT2D eigenvalue weighted by Crippen LogP contribution is 2.36. The minimum Gasteiger partial charge on any atom is -0.472 e. The number of amides is 1. The second kappa shape index (κ2) is 8.20. The lowest BCUT2D eigenvalue weighted by atomic mass is 10.1. The molecule has 0 saturated heterocycles. The lowest BCUT2D eigenvalue weighted by Gasteiger charge is -2.32. The number of benzene rings is 2.